The maximum absolute atomic E-state index is 13.8. The first-order valence-corrected chi connectivity index (χ1v) is 14.2. The van der Waals surface area contributed by atoms with Crippen LogP contribution in [0.15, 0.2) is 48.6 Å². The van der Waals surface area contributed by atoms with Gasteiger partial charge < -0.3 is 16.0 Å². The van der Waals surface area contributed by atoms with Crippen LogP contribution in [-0.4, -0.2) is 54.5 Å². The molecule has 0 radical (unpaired) electrons. The van der Waals surface area contributed by atoms with Gasteiger partial charge in [0.1, 0.15) is 5.78 Å². The van der Waals surface area contributed by atoms with Gasteiger partial charge in [0.25, 0.3) is 0 Å². The van der Waals surface area contributed by atoms with Crippen LogP contribution in [0, 0.1) is 11.8 Å². The lowest BCUT2D eigenvalue weighted by Gasteiger charge is -2.35. The zero-order valence-electron chi connectivity index (χ0n) is 23.4. The summed E-state index contributed by atoms with van der Waals surface area (Å²) in [5, 5.41) is 3.73. The first-order valence-electron chi connectivity index (χ1n) is 14.2. The van der Waals surface area contributed by atoms with Crippen molar-refractivity contribution < 1.29 is 14.4 Å². The van der Waals surface area contributed by atoms with Gasteiger partial charge in [-0.05, 0) is 69.7 Å². The fourth-order valence-corrected chi connectivity index (χ4v) is 5.59. The number of nitrogens with zero attached hydrogens (tertiary/aromatic N) is 1. The van der Waals surface area contributed by atoms with E-state index in [0.717, 1.165) is 68.7 Å². The summed E-state index contributed by atoms with van der Waals surface area (Å²) < 4.78 is 0. The zero-order valence-corrected chi connectivity index (χ0v) is 23.4. The highest BCUT2D eigenvalue weighted by Gasteiger charge is 2.29. The van der Waals surface area contributed by atoms with E-state index in [9.17, 15) is 14.4 Å². The van der Waals surface area contributed by atoms with Gasteiger partial charge in [0, 0.05) is 60.9 Å². The molecular formula is C32H45N3O3. The topological polar surface area (TPSA) is 92.5 Å². The van der Waals surface area contributed by atoms with Gasteiger partial charge in [-0.15, -0.1) is 0 Å². The molecule has 3 rings (SSSR count). The van der Waals surface area contributed by atoms with E-state index in [1.807, 2.05) is 38.1 Å². The number of benzene rings is 1. The molecule has 6 nitrogen and oxygen atoms in total. The molecule has 38 heavy (non-hydrogen) atoms. The molecule has 6 heteroatoms. The van der Waals surface area contributed by atoms with E-state index in [0.29, 0.717) is 23.9 Å². The first-order chi connectivity index (χ1) is 18.3. The quantitative estimate of drug-likeness (QED) is 0.292. The summed E-state index contributed by atoms with van der Waals surface area (Å²) >= 11 is 0. The molecule has 206 valence electrons. The first kappa shape index (κ1) is 29.7. The van der Waals surface area contributed by atoms with Gasteiger partial charge in [-0.1, -0.05) is 44.2 Å². The number of carbonyl (C=O) groups is 3. The highest BCUT2D eigenvalue weighted by Crippen LogP contribution is 2.33. The number of ketones is 3. The van der Waals surface area contributed by atoms with Crippen molar-refractivity contribution in [2.75, 3.05) is 31.5 Å². The Labute approximate surface area is 228 Å². The van der Waals surface area contributed by atoms with Crippen molar-refractivity contribution in [1.82, 2.24) is 4.90 Å². The van der Waals surface area contributed by atoms with Crippen LogP contribution in [0.5, 0.6) is 0 Å². The normalized spacial score (nSPS) is 21.5. The molecule has 2 unspecified atom stereocenters. The summed E-state index contributed by atoms with van der Waals surface area (Å²) in [5.74, 6) is -0.328. The van der Waals surface area contributed by atoms with Crippen molar-refractivity contribution in [3.63, 3.8) is 0 Å². The van der Waals surface area contributed by atoms with E-state index in [-0.39, 0.29) is 35.8 Å². The molecule has 1 aliphatic carbocycles. The molecule has 0 bridgehead atoms. The Morgan fingerprint density at radius 2 is 1.97 bits per heavy atom. The monoisotopic (exact) mass is 519 g/mol. The van der Waals surface area contributed by atoms with Crippen molar-refractivity contribution in [1.29, 1.82) is 0 Å². The van der Waals surface area contributed by atoms with Crippen molar-refractivity contribution in [2.45, 2.75) is 71.8 Å². The van der Waals surface area contributed by atoms with Gasteiger partial charge in [-0.25, -0.2) is 0 Å². The Hall–Kier alpha value is -2.83. The average Bonchev–Trinajstić information content (AvgIpc) is 2.91. The van der Waals surface area contributed by atoms with Crippen molar-refractivity contribution in [3.05, 3.63) is 59.7 Å². The summed E-state index contributed by atoms with van der Waals surface area (Å²) in [7, 11) is 0. The molecule has 0 aromatic heterocycles. The number of nitrogens with one attached hydrogen (secondary N) is 1. The summed E-state index contributed by atoms with van der Waals surface area (Å²) in [4.78, 5) is 41.0. The van der Waals surface area contributed by atoms with Crippen LogP contribution in [-0.2, 0) is 9.59 Å². The zero-order chi connectivity index (χ0) is 27.7. The summed E-state index contributed by atoms with van der Waals surface area (Å²) in [6, 6.07) is 6.07. The number of Topliss-reactive ketones (excluding diaryl/α,β-unsaturated/α-hetero) is 2. The number of piperidine rings is 1. The largest absolute Gasteiger partial charge is 0.382 e. The SMILES string of the molecule is C=C(C(=O)c1cccc(NC2CCN(CC(CC)CCN)CC2)c1/C(C)=C/C)C1CCC(=O)C/C=C/C1=O. The summed E-state index contributed by atoms with van der Waals surface area (Å²) in [6.45, 7) is 14.2. The molecule has 1 heterocycles. The van der Waals surface area contributed by atoms with E-state index >= 15 is 0 Å². The minimum absolute atomic E-state index is 0.0753. The third-order valence-electron chi connectivity index (χ3n) is 8.15. The minimum Gasteiger partial charge on any atom is -0.382 e. The Balaban J connectivity index is 1.78. The molecule has 1 aromatic carbocycles. The molecular weight excluding hydrogens is 474 g/mol. The second-order valence-corrected chi connectivity index (χ2v) is 10.8. The molecule has 1 aromatic rings. The molecule has 3 N–H and O–H groups in total. The molecule has 1 fully saturated rings. The van der Waals surface area contributed by atoms with Gasteiger partial charge in [-0.2, -0.15) is 0 Å². The van der Waals surface area contributed by atoms with E-state index in [2.05, 4.69) is 23.7 Å². The molecule has 0 saturated carbocycles. The van der Waals surface area contributed by atoms with Gasteiger partial charge >= 0.3 is 0 Å². The lowest BCUT2D eigenvalue weighted by atomic mass is 9.82. The number of allylic oxidation sites excluding steroid dienone is 5. The number of anilines is 1. The van der Waals surface area contributed by atoms with Crippen LogP contribution in [0.25, 0.3) is 5.57 Å². The van der Waals surface area contributed by atoms with Gasteiger partial charge in [0.05, 0.1) is 5.92 Å². The van der Waals surface area contributed by atoms with E-state index in [1.165, 1.54) is 6.08 Å². The number of hydrogen-bond acceptors (Lipinski definition) is 6. The Bertz CT molecular complexity index is 1080. The van der Waals surface area contributed by atoms with Crippen molar-refractivity contribution in [3.8, 4) is 0 Å². The number of rotatable bonds is 11. The van der Waals surface area contributed by atoms with Crippen LogP contribution >= 0.6 is 0 Å². The van der Waals surface area contributed by atoms with Gasteiger partial charge in [-0.3, -0.25) is 14.4 Å². The smallest absolute Gasteiger partial charge is 0.189 e. The van der Waals surface area contributed by atoms with Crippen LogP contribution in [0.1, 0.15) is 81.6 Å². The second-order valence-electron chi connectivity index (χ2n) is 10.8. The van der Waals surface area contributed by atoms with Gasteiger partial charge in [0.15, 0.2) is 11.6 Å². The molecule has 2 aliphatic rings. The standard InChI is InChI=1S/C32H45N3O3/c1-5-22(3)31-28(32(38)23(4)27-14-13-26(36)9-7-12-30(27)37)10-8-11-29(31)34-25-16-19-35(20-17-25)21-24(6-2)15-18-33/h5,7-8,10-12,24-25,27,34H,4,6,9,13-21,33H2,1-3H3/b12-7+,22-5+. The third kappa shape index (κ3) is 7.61. The maximum Gasteiger partial charge on any atom is 0.189 e. The number of hydrogen-bond donors (Lipinski definition) is 2. The molecule has 0 amide bonds. The highest BCUT2D eigenvalue weighted by atomic mass is 16.1. The number of nitrogens with two attached hydrogens (primary N) is 1. The van der Waals surface area contributed by atoms with Gasteiger partial charge in [0.2, 0.25) is 0 Å². The molecule has 1 aliphatic heterocycles. The number of carbonyl (C=O) groups excluding carboxylic acids is 3. The van der Waals surface area contributed by atoms with Crippen molar-refractivity contribution >= 4 is 28.6 Å². The lowest BCUT2D eigenvalue weighted by Crippen LogP contribution is -2.41. The average molecular weight is 520 g/mol. The lowest BCUT2D eigenvalue weighted by molar-refractivity contribution is -0.120. The Morgan fingerprint density at radius 3 is 2.63 bits per heavy atom. The van der Waals surface area contributed by atoms with E-state index < -0.39 is 5.92 Å². The minimum atomic E-state index is -0.672. The van der Waals surface area contributed by atoms with E-state index in [1.54, 1.807) is 6.08 Å². The third-order valence-corrected chi connectivity index (χ3v) is 8.15. The highest BCUT2D eigenvalue weighted by molar-refractivity contribution is 6.15. The second kappa shape index (κ2) is 14.4. The fraction of sp³-hybridized carbons (Fsp3) is 0.531. The predicted octanol–water partition coefficient (Wildman–Crippen LogP) is 5.59. The van der Waals surface area contributed by atoms with E-state index in [4.69, 9.17) is 5.73 Å². The predicted molar refractivity (Wildman–Crippen MR) is 156 cm³/mol. The Morgan fingerprint density at radius 1 is 1.24 bits per heavy atom. The summed E-state index contributed by atoms with van der Waals surface area (Å²) in [5.41, 5.74) is 9.39. The molecule has 1 saturated heterocycles. The van der Waals surface area contributed by atoms with Crippen LogP contribution in [0.3, 0.4) is 0 Å². The number of likely N-dealkylation sites (tertiary alicyclic amines) is 1. The molecule has 2 atom stereocenters. The fourth-order valence-electron chi connectivity index (χ4n) is 5.59. The maximum atomic E-state index is 13.8. The van der Waals surface area contributed by atoms with Crippen LogP contribution in [0.2, 0.25) is 0 Å². The van der Waals surface area contributed by atoms with Crippen LogP contribution < -0.4 is 11.1 Å². The molecule has 0 spiro atoms. The summed E-state index contributed by atoms with van der Waals surface area (Å²) in [6.07, 6.45) is 10.2. The van der Waals surface area contributed by atoms with Crippen molar-refractivity contribution in [2.24, 2.45) is 17.6 Å². The Kier molecular flexibility index (Phi) is 11.2. The van der Waals surface area contributed by atoms with Crippen LogP contribution in [0.4, 0.5) is 5.69 Å².